The summed E-state index contributed by atoms with van der Waals surface area (Å²) in [5.41, 5.74) is 3.41. The second-order valence-electron chi connectivity index (χ2n) is 5.01. The summed E-state index contributed by atoms with van der Waals surface area (Å²) in [5, 5.41) is 3.40. The molecule has 0 amide bonds. The van der Waals surface area contributed by atoms with Crippen molar-refractivity contribution in [2.75, 3.05) is 19.0 Å². The van der Waals surface area contributed by atoms with Gasteiger partial charge in [-0.2, -0.15) is 0 Å². The number of aryl methyl sites for hydroxylation is 1. The van der Waals surface area contributed by atoms with Crippen molar-refractivity contribution in [2.45, 2.75) is 6.42 Å². The van der Waals surface area contributed by atoms with Crippen molar-refractivity contribution < 1.29 is 4.74 Å². The minimum atomic E-state index is 0.838. The van der Waals surface area contributed by atoms with Gasteiger partial charge in [0, 0.05) is 13.6 Å². The molecule has 0 spiro atoms. The van der Waals surface area contributed by atoms with Crippen LogP contribution in [0.3, 0.4) is 0 Å². The van der Waals surface area contributed by atoms with Gasteiger partial charge in [0.05, 0.1) is 18.1 Å². The van der Waals surface area contributed by atoms with Gasteiger partial charge in [-0.1, -0.05) is 24.3 Å². The number of hydrogen-bond acceptors (Lipinski definition) is 3. The van der Waals surface area contributed by atoms with Crippen molar-refractivity contribution in [3.05, 3.63) is 54.1 Å². The minimum Gasteiger partial charge on any atom is -0.497 e. The van der Waals surface area contributed by atoms with Gasteiger partial charge in [-0.3, -0.25) is 0 Å². The molecule has 4 heteroatoms. The number of fused-ring (bicyclic) bond motifs is 1. The molecule has 0 saturated carbocycles. The molecule has 1 N–H and O–H groups in total. The van der Waals surface area contributed by atoms with Crippen molar-refractivity contribution in [3.8, 4) is 5.75 Å². The zero-order valence-electron chi connectivity index (χ0n) is 12.3. The first-order valence-corrected chi connectivity index (χ1v) is 7.06. The maximum absolute atomic E-state index is 5.24. The van der Waals surface area contributed by atoms with E-state index in [1.807, 2.05) is 37.4 Å². The predicted octanol–water partition coefficient (Wildman–Crippen LogP) is 3.24. The lowest BCUT2D eigenvalue weighted by molar-refractivity contribution is 0.414. The normalized spacial score (nSPS) is 10.8. The lowest BCUT2D eigenvalue weighted by atomic mass is 10.1. The van der Waals surface area contributed by atoms with E-state index in [2.05, 4.69) is 33.1 Å². The van der Waals surface area contributed by atoms with Crippen LogP contribution in [0.5, 0.6) is 5.75 Å². The van der Waals surface area contributed by atoms with Crippen LogP contribution < -0.4 is 10.1 Å². The van der Waals surface area contributed by atoms with Crippen LogP contribution in [0.15, 0.2) is 48.5 Å². The van der Waals surface area contributed by atoms with E-state index in [4.69, 9.17) is 4.74 Å². The summed E-state index contributed by atoms with van der Waals surface area (Å²) < 4.78 is 7.33. The van der Waals surface area contributed by atoms with Gasteiger partial charge in [0.2, 0.25) is 5.95 Å². The van der Waals surface area contributed by atoms with Crippen LogP contribution in [0.2, 0.25) is 0 Å². The van der Waals surface area contributed by atoms with Gasteiger partial charge in [0.25, 0.3) is 0 Å². The highest BCUT2D eigenvalue weighted by Gasteiger charge is 2.06. The maximum Gasteiger partial charge on any atom is 0.203 e. The average molecular weight is 281 g/mol. The molecule has 3 aromatic rings. The quantitative estimate of drug-likeness (QED) is 0.780. The third kappa shape index (κ3) is 2.84. The van der Waals surface area contributed by atoms with E-state index in [0.29, 0.717) is 0 Å². The molecule has 0 aliphatic carbocycles. The molecule has 0 saturated heterocycles. The number of hydrogen-bond donors (Lipinski definition) is 1. The number of aromatic nitrogens is 2. The number of ether oxygens (including phenoxy) is 1. The molecule has 1 heterocycles. The summed E-state index contributed by atoms with van der Waals surface area (Å²) in [6.07, 6.45) is 0.931. The zero-order valence-corrected chi connectivity index (χ0v) is 12.3. The van der Waals surface area contributed by atoms with Crippen LogP contribution >= 0.6 is 0 Å². The topological polar surface area (TPSA) is 39.1 Å². The van der Waals surface area contributed by atoms with E-state index in [-0.39, 0.29) is 0 Å². The van der Waals surface area contributed by atoms with Crippen LogP contribution in [-0.4, -0.2) is 23.2 Å². The lowest BCUT2D eigenvalue weighted by Crippen LogP contribution is -2.09. The Hall–Kier alpha value is -2.49. The molecular weight excluding hydrogens is 262 g/mol. The van der Waals surface area contributed by atoms with Crippen molar-refractivity contribution in [1.82, 2.24) is 9.55 Å². The van der Waals surface area contributed by atoms with Crippen molar-refractivity contribution in [1.29, 1.82) is 0 Å². The fourth-order valence-corrected chi connectivity index (χ4v) is 2.45. The Morgan fingerprint density at radius 1 is 1.14 bits per heavy atom. The van der Waals surface area contributed by atoms with Crippen LogP contribution in [0.4, 0.5) is 5.95 Å². The van der Waals surface area contributed by atoms with E-state index < -0.39 is 0 Å². The number of rotatable bonds is 5. The Balaban J connectivity index is 1.67. The van der Waals surface area contributed by atoms with Gasteiger partial charge in [-0.05, 0) is 36.2 Å². The van der Waals surface area contributed by atoms with E-state index in [0.717, 1.165) is 35.7 Å². The SMILES string of the molecule is COc1cccc(CCNc2nc3ccccc3n2C)c1. The number of anilines is 1. The third-order valence-corrected chi connectivity index (χ3v) is 3.62. The summed E-state index contributed by atoms with van der Waals surface area (Å²) in [7, 11) is 3.72. The number of para-hydroxylation sites is 2. The Morgan fingerprint density at radius 2 is 2.00 bits per heavy atom. The minimum absolute atomic E-state index is 0.838. The number of nitrogens with one attached hydrogen (secondary N) is 1. The number of benzene rings is 2. The van der Waals surface area contributed by atoms with Crippen LogP contribution in [-0.2, 0) is 13.5 Å². The fourth-order valence-electron chi connectivity index (χ4n) is 2.45. The van der Waals surface area contributed by atoms with Crippen molar-refractivity contribution >= 4 is 17.0 Å². The highest BCUT2D eigenvalue weighted by atomic mass is 16.5. The molecule has 0 aliphatic rings. The molecule has 2 aromatic carbocycles. The molecule has 3 rings (SSSR count). The monoisotopic (exact) mass is 281 g/mol. The second kappa shape index (κ2) is 5.87. The standard InChI is InChI=1S/C17H19N3O/c1-20-16-9-4-3-8-15(16)19-17(20)18-11-10-13-6-5-7-14(12-13)21-2/h3-9,12H,10-11H2,1-2H3,(H,18,19). The van der Waals surface area contributed by atoms with Crippen LogP contribution in [0.25, 0.3) is 11.0 Å². The van der Waals surface area contributed by atoms with Crippen LogP contribution in [0.1, 0.15) is 5.56 Å². The Labute approximate surface area is 124 Å². The first kappa shape index (κ1) is 13.5. The molecule has 0 atom stereocenters. The highest BCUT2D eigenvalue weighted by Crippen LogP contribution is 2.18. The Kier molecular flexibility index (Phi) is 3.77. The van der Waals surface area contributed by atoms with Gasteiger partial charge in [0.15, 0.2) is 0 Å². The van der Waals surface area contributed by atoms with Gasteiger partial charge in [-0.15, -0.1) is 0 Å². The Bertz CT molecular complexity index is 749. The van der Waals surface area contributed by atoms with E-state index in [1.54, 1.807) is 7.11 Å². The number of nitrogens with zero attached hydrogens (tertiary/aromatic N) is 2. The van der Waals surface area contributed by atoms with Crippen molar-refractivity contribution in [3.63, 3.8) is 0 Å². The Morgan fingerprint density at radius 3 is 2.81 bits per heavy atom. The molecule has 0 fully saturated rings. The largest absolute Gasteiger partial charge is 0.497 e. The van der Waals surface area contributed by atoms with Crippen molar-refractivity contribution in [2.24, 2.45) is 7.05 Å². The maximum atomic E-state index is 5.24. The summed E-state index contributed by atoms with van der Waals surface area (Å²) in [6.45, 7) is 0.838. The van der Waals surface area contributed by atoms with Gasteiger partial charge in [0.1, 0.15) is 5.75 Å². The first-order valence-electron chi connectivity index (χ1n) is 7.06. The molecular formula is C17H19N3O. The molecule has 4 nitrogen and oxygen atoms in total. The number of methoxy groups -OCH3 is 1. The average Bonchev–Trinajstić information content (AvgIpc) is 2.84. The summed E-state index contributed by atoms with van der Waals surface area (Å²) in [6, 6.07) is 16.3. The molecule has 0 bridgehead atoms. The van der Waals surface area contributed by atoms with Gasteiger partial charge in [-0.25, -0.2) is 4.98 Å². The molecule has 0 aliphatic heterocycles. The molecule has 0 radical (unpaired) electrons. The molecule has 0 unspecified atom stereocenters. The second-order valence-corrected chi connectivity index (χ2v) is 5.01. The first-order chi connectivity index (χ1) is 10.3. The van der Waals surface area contributed by atoms with Gasteiger partial charge < -0.3 is 14.6 Å². The summed E-state index contributed by atoms with van der Waals surface area (Å²) in [5.74, 6) is 1.80. The van der Waals surface area contributed by atoms with E-state index >= 15 is 0 Å². The predicted molar refractivity (Wildman–Crippen MR) is 85.9 cm³/mol. The zero-order chi connectivity index (χ0) is 14.7. The molecule has 108 valence electrons. The van der Waals surface area contributed by atoms with E-state index in [1.165, 1.54) is 5.56 Å². The summed E-state index contributed by atoms with van der Waals surface area (Å²) >= 11 is 0. The number of imidazole rings is 1. The fraction of sp³-hybridized carbons (Fsp3) is 0.235. The van der Waals surface area contributed by atoms with Crippen LogP contribution in [0, 0.1) is 0 Å². The summed E-state index contributed by atoms with van der Waals surface area (Å²) in [4.78, 5) is 4.60. The van der Waals surface area contributed by atoms with Gasteiger partial charge >= 0.3 is 0 Å². The van der Waals surface area contributed by atoms with E-state index in [9.17, 15) is 0 Å². The lowest BCUT2D eigenvalue weighted by Gasteiger charge is -2.07. The highest BCUT2D eigenvalue weighted by molar-refractivity contribution is 5.78. The third-order valence-electron chi connectivity index (χ3n) is 3.62. The smallest absolute Gasteiger partial charge is 0.203 e. The molecule has 21 heavy (non-hydrogen) atoms. The molecule has 1 aromatic heterocycles.